The molecular formula is C18H23NO2. The second kappa shape index (κ2) is 6.30. The Morgan fingerprint density at radius 2 is 2.00 bits per heavy atom. The zero-order valence-electron chi connectivity index (χ0n) is 13.1. The van der Waals surface area contributed by atoms with Crippen LogP contribution in [0.1, 0.15) is 56.1 Å². The van der Waals surface area contributed by atoms with Crippen LogP contribution in [0.5, 0.6) is 5.75 Å². The van der Waals surface area contributed by atoms with Crippen molar-refractivity contribution in [2.75, 3.05) is 7.11 Å². The number of nitrogens with zero attached hydrogens (tertiary/aromatic N) is 1. The van der Waals surface area contributed by atoms with Crippen LogP contribution in [0.25, 0.3) is 0 Å². The highest BCUT2D eigenvalue weighted by molar-refractivity contribution is 5.93. The van der Waals surface area contributed by atoms with Crippen LogP contribution in [-0.4, -0.2) is 12.9 Å². The Kier molecular flexibility index (Phi) is 4.67. The second-order valence-corrected chi connectivity index (χ2v) is 6.28. The average Bonchev–Trinajstić information content (AvgIpc) is 2.50. The number of ether oxygens (including phenoxy) is 1. The molecule has 0 saturated heterocycles. The van der Waals surface area contributed by atoms with Gasteiger partial charge >= 0.3 is 0 Å². The van der Waals surface area contributed by atoms with E-state index in [-0.39, 0.29) is 11.2 Å². The highest BCUT2D eigenvalue weighted by Crippen LogP contribution is 2.41. The maximum absolute atomic E-state index is 12.9. The molecular weight excluding hydrogens is 262 g/mol. The number of benzene rings is 1. The lowest BCUT2D eigenvalue weighted by Crippen LogP contribution is -2.34. The molecule has 0 radical (unpaired) electrons. The highest BCUT2D eigenvalue weighted by atomic mass is 16.5. The minimum Gasteiger partial charge on any atom is -0.496 e. The summed E-state index contributed by atoms with van der Waals surface area (Å²) in [4.78, 5) is 12.9. The van der Waals surface area contributed by atoms with Gasteiger partial charge in [0.1, 0.15) is 11.7 Å². The van der Waals surface area contributed by atoms with Crippen LogP contribution in [-0.2, 0) is 4.79 Å². The topological polar surface area (TPSA) is 50.1 Å². The van der Waals surface area contributed by atoms with E-state index in [0.717, 1.165) is 42.6 Å². The molecule has 0 amide bonds. The van der Waals surface area contributed by atoms with Gasteiger partial charge in [-0.1, -0.05) is 38.3 Å². The fourth-order valence-corrected chi connectivity index (χ4v) is 3.23. The van der Waals surface area contributed by atoms with Crippen molar-refractivity contribution in [3.63, 3.8) is 0 Å². The van der Waals surface area contributed by atoms with Crippen LogP contribution in [0.3, 0.4) is 0 Å². The quantitative estimate of drug-likeness (QED) is 0.835. The van der Waals surface area contributed by atoms with E-state index in [1.165, 1.54) is 6.42 Å². The standard InChI is InChI=1S/C18H23NO2/c1-13-7-8-14(11-16(13)21-3)15(12-19)17(20)18(2)9-5-4-6-10-18/h7-8,11,15H,4-6,9-10H2,1-3H3. The summed E-state index contributed by atoms with van der Waals surface area (Å²) < 4.78 is 5.31. The molecule has 1 atom stereocenters. The molecule has 3 nitrogen and oxygen atoms in total. The first kappa shape index (κ1) is 15.6. The van der Waals surface area contributed by atoms with Crippen LogP contribution >= 0.6 is 0 Å². The number of rotatable bonds is 4. The lowest BCUT2D eigenvalue weighted by Gasteiger charge is -2.33. The third kappa shape index (κ3) is 3.10. The van der Waals surface area contributed by atoms with Crippen LogP contribution in [0.2, 0.25) is 0 Å². The predicted molar refractivity (Wildman–Crippen MR) is 82.3 cm³/mol. The Morgan fingerprint density at radius 3 is 2.57 bits per heavy atom. The fraction of sp³-hybridized carbons (Fsp3) is 0.556. The maximum Gasteiger partial charge on any atom is 0.160 e. The van der Waals surface area contributed by atoms with Crippen molar-refractivity contribution in [2.45, 2.75) is 51.9 Å². The van der Waals surface area contributed by atoms with Gasteiger partial charge in [0.25, 0.3) is 0 Å². The molecule has 112 valence electrons. The molecule has 1 saturated carbocycles. The molecule has 1 unspecified atom stereocenters. The van der Waals surface area contributed by atoms with Crippen LogP contribution in [0.15, 0.2) is 18.2 Å². The van der Waals surface area contributed by atoms with Gasteiger partial charge in [0.15, 0.2) is 5.78 Å². The predicted octanol–water partition coefficient (Wildman–Crippen LogP) is 4.15. The zero-order chi connectivity index (χ0) is 15.5. The van der Waals surface area contributed by atoms with E-state index in [1.807, 2.05) is 32.0 Å². The number of nitriles is 1. The minimum absolute atomic E-state index is 0.0654. The Morgan fingerprint density at radius 1 is 1.33 bits per heavy atom. The number of hydrogen-bond donors (Lipinski definition) is 0. The van der Waals surface area contributed by atoms with Gasteiger partial charge in [-0.2, -0.15) is 5.26 Å². The molecule has 1 fully saturated rings. The minimum atomic E-state index is -0.692. The van der Waals surface area contributed by atoms with Crippen LogP contribution < -0.4 is 4.74 Å². The number of Topliss-reactive ketones (excluding diaryl/α,β-unsaturated/α-hetero) is 1. The Labute approximate surface area is 126 Å². The van der Waals surface area contributed by atoms with Gasteiger partial charge in [-0.3, -0.25) is 4.79 Å². The van der Waals surface area contributed by atoms with Crippen molar-refractivity contribution in [1.29, 1.82) is 5.26 Å². The summed E-state index contributed by atoms with van der Waals surface area (Å²) in [6, 6.07) is 7.82. The fourth-order valence-electron chi connectivity index (χ4n) is 3.23. The Bertz CT molecular complexity index is 565. The van der Waals surface area contributed by atoms with Crippen LogP contribution in [0, 0.1) is 23.7 Å². The van der Waals surface area contributed by atoms with Gasteiger partial charge in [0.2, 0.25) is 0 Å². The van der Waals surface area contributed by atoms with Crippen molar-refractivity contribution in [1.82, 2.24) is 0 Å². The summed E-state index contributed by atoms with van der Waals surface area (Å²) >= 11 is 0. The van der Waals surface area contributed by atoms with Crippen molar-refractivity contribution >= 4 is 5.78 Å². The molecule has 3 heteroatoms. The van der Waals surface area contributed by atoms with Crippen molar-refractivity contribution in [3.8, 4) is 11.8 Å². The van der Waals surface area contributed by atoms with Gasteiger partial charge in [0.05, 0.1) is 13.2 Å². The molecule has 0 aromatic heterocycles. The molecule has 2 rings (SSSR count). The lowest BCUT2D eigenvalue weighted by atomic mass is 9.68. The van der Waals surface area contributed by atoms with Gasteiger partial charge < -0.3 is 4.74 Å². The monoisotopic (exact) mass is 285 g/mol. The normalized spacial score (nSPS) is 18.6. The van der Waals surface area contributed by atoms with Crippen molar-refractivity contribution < 1.29 is 9.53 Å². The number of carbonyl (C=O) groups is 1. The van der Waals surface area contributed by atoms with Gasteiger partial charge in [0, 0.05) is 5.41 Å². The molecule has 0 aliphatic heterocycles. The van der Waals surface area contributed by atoms with Crippen molar-refractivity contribution in [3.05, 3.63) is 29.3 Å². The smallest absolute Gasteiger partial charge is 0.160 e. The average molecular weight is 285 g/mol. The molecule has 0 N–H and O–H groups in total. The van der Waals surface area contributed by atoms with Crippen LogP contribution in [0.4, 0.5) is 0 Å². The molecule has 1 aromatic carbocycles. The van der Waals surface area contributed by atoms with E-state index in [1.54, 1.807) is 7.11 Å². The molecule has 0 spiro atoms. The summed E-state index contributed by atoms with van der Waals surface area (Å²) in [7, 11) is 1.61. The Balaban J connectivity index is 2.31. The van der Waals surface area contributed by atoms with Gasteiger partial charge in [-0.15, -0.1) is 0 Å². The largest absolute Gasteiger partial charge is 0.496 e. The summed E-state index contributed by atoms with van der Waals surface area (Å²) in [6.45, 7) is 3.97. The van der Waals surface area contributed by atoms with Crippen molar-refractivity contribution in [2.24, 2.45) is 5.41 Å². The van der Waals surface area contributed by atoms with Gasteiger partial charge in [-0.25, -0.2) is 0 Å². The molecule has 1 aromatic rings. The summed E-state index contributed by atoms with van der Waals surface area (Å²) in [5.41, 5.74) is 1.41. The number of ketones is 1. The van der Waals surface area contributed by atoms with E-state index >= 15 is 0 Å². The SMILES string of the molecule is COc1cc(C(C#N)C(=O)C2(C)CCCCC2)ccc1C. The number of methoxy groups -OCH3 is 1. The first-order chi connectivity index (χ1) is 10.0. The van der Waals surface area contributed by atoms with E-state index in [9.17, 15) is 10.1 Å². The third-order valence-corrected chi connectivity index (χ3v) is 4.71. The molecule has 0 bridgehead atoms. The summed E-state index contributed by atoms with van der Waals surface area (Å²) in [5, 5.41) is 9.52. The second-order valence-electron chi connectivity index (χ2n) is 6.28. The summed E-state index contributed by atoms with van der Waals surface area (Å²) in [5.74, 6) is 0.104. The third-order valence-electron chi connectivity index (χ3n) is 4.71. The number of aryl methyl sites for hydroxylation is 1. The maximum atomic E-state index is 12.9. The number of carbonyl (C=O) groups excluding carboxylic acids is 1. The van der Waals surface area contributed by atoms with Gasteiger partial charge in [-0.05, 0) is 37.0 Å². The first-order valence-electron chi connectivity index (χ1n) is 7.60. The molecule has 0 heterocycles. The lowest BCUT2D eigenvalue weighted by molar-refractivity contribution is -0.129. The Hall–Kier alpha value is -1.82. The summed E-state index contributed by atoms with van der Waals surface area (Å²) in [6.07, 6.45) is 5.15. The molecule has 1 aliphatic rings. The zero-order valence-corrected chi connectivity index (χ0v) is 13.1. The highest BCUT2D eigenvalue weighted by Gasteiger charge is 2.39. The van der Waals surface area contributed by atoms with E-state index in [0.29, 0.717) is 0 Å². The first-order valence-corrected chi connectivity index (χ1v) is 7.60. The van der Waals surface area contributed by atoms with E-state index < -0.39 is 5.92 Å². The molecule has 21 heavy (non-hydrogen) atoms. The van der Waals surface area contributed by atoms with E-state index in [4.69, 9.17) is 4.74 Å². The van der Waals surface area contributed by atoms with E-state index in [2.05, 4.69) is 6.07 Å². The number of hydrogen-bond acceptors (Lipinski definition) is 3. The molecule has 1 aliphatic carbocycles.